The minimum Gasteiger partial charge on any atom is -0.468 e. The highest BCUT2D eigenvalue weighted by atomic mass is 16.3. The minimum atomic E-state index is -0.0322. The van der Waals surface area contributed by atoms with E-state index in [2.05, 4.69) is 5.32 Å². The molecule has 1 aromatic heterocycles. The molecule has 1 amide bonds. The van der Waals surface area contributed by atoms with Crippen LogP contribution in [-0.2, 0) is 11.3 Å². The van der Waals surface area contributed by atoms with Crippen LogP contribution >= 0.6 is 0 Å². The van der Waals surface area contributed by atoms with Gasteiger partial charge in [-0.1, -0.05) is 18.2 Å². The number of furan rings is 1. The molecular formula is C14H16N2O2. The summed E-state index contributed by atoms with van der Waals surface area (Å²) in [7, 11) is 1.88. The van der Waals surface area contributed by atoms with Crippen LogP contribution in [0.1, 0.15) is 5.76 Å². The molecule has 0 saturated heterocycles. The lowest BCUT2D eigenvalue weighted by Gasteiger charge is -2.14. The number of likely N-dealkylation sites (N-methyl/N-ethyl adjacent to an activating group) is 1. The third kappa shape index (κ3) is 3.75. The third-order valence-electron chi connectivity index (χ3n) is 2.48. The number of carbonyl (C=O) groups excluding carboxylic acids is 1. The molecule has 0 fully saturated rings. The molecule has 0 saturated carbocycles. The largest absolute Gasteiger partial charge is 0.468 e. The van der Waals surface area contributed by atoms with Crippen molar-refractivity contribution in [2.24, 2.45) is 0 Å². The number of hydrogen-bond acceptors (Lipinski definition) is 3. The lowest BCUT2D eigenvalue weighted by molar-refractivity contribution is -0.117. The van der Waals surface area contributed by atoms with E-state index < -0.39 is 0 Å². The second-order valence-corrected chi connectivity index (χ2v) is 4.17. The van der Waals surface area contributed by atoms with Crippen LogP contribution in [0.5, 0.6) is 0 Å². The molecule has 2 aromatic rings. The zero-order valence-electron chi connectivity index (χ0n) is 10.3. The van der Waals surface area contributed by atoms with E-state index in [-0.39, 0.29) is 5.91 Å². The first-order valence-corrected chi connectivity index (χ1v) is 5.80. The summed E-state index contributed by atoms with van der Waals surface area (Å²) < 4.78 is 5.23. The van der Waals surface area contributed by atoms with Crippen molar-refractivity contribution in [3.8, 4) is 0 Å². The molecule has 0 bridgehead atoms. The second-order valence-electron chi connectivity index (χ2n) is 4.17. The van der Waals surface area contributed by atoms with Gasteiger partial charge in [-0.25, -0.2) is 0 Å². The summed E-state index contributed by atoms with van der Waals surface area (Å²) in [4.78, 5) is 13.7. The van der Waals surface area contributed by atoms with Crippen molar-refractivity contribution in [1.29, 1.82) is 0 Å². The highest BCUT2D eigenvalue weighted by Gasteiger charge is 2.08. The summed E-state index contributed by atoms with van der Waals surface area (Å²) in [6.45, 7) is 0.949. The molecule has 94 valence electrons. The van der Waals surface area contributed by atoms with Gasteiger partial charge in [-0.15, -0.1) is 0 Å². The first-order valence-electron chi connectivity index (χ1n) is 5.80. The smallest absolute Gasteiger partial charge is 0.238 e. The Hall–Kier alpha value is -2.07. The number of nitrogens with zero attached hydrogens (tertiary/aromatic N) is 1. The third-order valence-corrected chi connectivity index (χ3v) is 2.48. The van der Waals surface area contributed by atoms with Crippen molar-refractivity contribution in [2.45, 2.75) is 6.54 Å². The highest BCUT2D eigenvalue weighted by Crippen LogP contribution is 2.06. The normalized spacial score (nSPS) is 10.6. The van der Waals surface area contributed by atoms with Crippen molar-refractivity contribution in [2.75, 3.05) is 18.9 Å². The van der Waals surface area contributed by atoms with E-state index in [0.717, 1.165) is 11.4 Å². The van der Waals surface area contributed by atoms with Crippen LogP contribution in [0.25, 0.3) is 0 Å². The summed E-state index contributed by atoms with van der Waals surface area (Å²) in [5.74, 6) is 0.820. The first kappa shape index (κ1) is 12.4. The summed E-state index contributed by atoms with van der Waals surface area (Å²) in [5.41, 5.74) is 0.814. The van der Waals surface area contributed by atoms with E-state index in [4.69, 9.17) is 4.42 Å². The van der Waals surface area contributed by atoms with Gasteiger partial charge >= 0.3 is 0 Å². The standard InChI is InChI=1S/C14H16N2O2/c1-16(10-13-8-5-9-18-13)11-14(17)15-12-6-3-2-4-7-12/h2-9H,10-11H2,1H3,(H,15,17). The van der Waals surface area contributed by atoms with Crippen LogP contribution in [0.4, 0.5) is 5.69 Å². The van der Waals surface area contributed by atoms with Gasteiger partial charge in [0, 0.05) is 5.69 Å². The fourth-order valence-corrected chi connectivity index (χ4v) is 1.69. The van der Waals surface area contributed by atoms with Crippen LogP contribution in [0.3, 0.4) is 0 Å². The van der Waals surface area contributed by atoms with Crippen LogP contribution < -0.4 is 5.32 Å². The summed E-state index contributed by atoms with van der Waals surface area (Å²) in [6, 6.07) is 13.2. The number of benzene rings is 1. The van der Waals surface area contributed by atoms with Gasteiger partial charge in [0.05, 0.1) is 19.4 Å². The SMILES string of the molecule is CN(CC(=O)Nc1ccccc1)Cc1ccco1. The Labute approximate surface area is 106 Å². The maximum absolute atomic E-state index is 11.8. The van der Waals surface area contributed by atoms with Crippen LogP contribution in [0, 0.1) is 0 Å². The molecule has 0 unspecified atom stereocenters. The number of rotatable bonds is 5. The lowest BCUT2D eigenvalue weighted by atomic mass is 10.3. The topological polar surface area (TPSA) is 45.5 Å². The predicted octanol–water partition coefficient (Wildman–Crippen LogP) is 2.35. The molecule has 0 aliphatic heterocycles. The van der Waals surface area contributed by atoms with Crippen LogP contribution in [-0.4, -0.2) is 24.4 Å². The summed E-state index contributed by atoms with van der Waals surface area (Å²) in [5, 5.41) is 2.84. The number of carbonyl (C=O) groups is 1. The molecule has 4 nitrogen and oxygen atoms in total. The number of hydrogen-bond donors (Lipinski definition) is 1. The molecule has 1 N–H and O–H groups in total. The fourth-order valence-electron chi connectivity index (χ4n) is 1.69. The van der Waals surface area contributed by atoms with Crippen molar-refractivity contribution in [1.82, 2.24) is 4.90 Å². The molecule has 0 radical (unpaired) electrons. The molecule has 1 aromatic carbocycles. The zero-order valence-corrected chi connectivity index (χ0v) is 10.3. The summed E-state index contributed by atoms with van der Waals surface area (Å²) >= 11 is 0. The fraction of sp³-hybridized carbons (Fsp3) is 0.214. The quantitative estimate of drug-likeness (QED) is 0.878. The first-order chi connectivity index (χ1) is 8.74. The van der Waals surface area contributed by atoms with Gasteiger partial charge in [-0.2, -0.15) is 0 Å². The Morgan fingerprint density at radius 2 is 2.00 bits per heavy atom. The predicted molar refractivity (Wildman–Crippen MR) is 70.1 cm³/mol. The van der Waals surface area contributed by atoms with Crippen molar-refractivity contribution >= 4 is 11.6 Å². The van der Waals surface area contributed by atoms with Gasteiger partial charge in [0.25, 0.3) is 0 Å². The maximum atomic E-state index is 11.8. The Bertz CT molecular complexity index is 480. The van der Waals surface area contributed by atoms with Crippen molar-refractivity contribution in [3.05, 3.63) is 54.5 Å². The van der Waals surface area contributed by atoms with E-state index in [1.54, 1.807) is 6.26 Å². The Balaban J connectivity index is 1.80. The molecule has 0 aliphatic rings. The summed E-state index contributed by atoms with van der Waals surface area (Å²) in [6.07, 6.45) is 1.63. The van der Waals surface area contributed by atoms with Crippen molar-refractivity contribution < 1.29 is 9.21 Å². The zero-order chi connectivity index (χ0) is 12.8. The molecule has 4 heteroatoms. The average molecular weight is 244 g/mol. The Morgan fingerprint density at radius 1 is 1.22 bits per heavy atom. The lowest BCUT2D eigenvalue weighted by Crippen LogP contribution is -2.29. The molecule has 2 rings (SSSR count). The van der Waals surface area contributed by atoms with E-state index in [1.165, 1.54) is 0 Å². The Morgan fingerprint density at radius 3 is 2.67 bits per heavy atom. The monoisotopic (exact) mass is 244 g/mol. The maximum Gasteiger partial charge on any atom is 0.238 e. The van der Waals surface area contributed by atoms with Gasteiger partial charge < -0.3 is 9.73 Å². The molecule has 0 atom stereocenters. The van der Waals surface area contributed by atoms with Crippen LogP contribution in [0.2, 0.25) is 0 Å². The molecular weight excluding hydrogens is 228 g/mol. The highest BCUT2D eigenvalue weighted by molar-refractivity contribution is 5.92. The van der Waals surface area contributed by atoms with Gasteiger partial charge in [-0.3, -0.25) is 9.69 Å². The van der Waals surface area contributed by atoms with E-state index in [9.17, 15) is 4.79 Å². The number of nitrogens with one attached hydrogen (secondary N) is 1. The minimum absolute atomic E-state index is 0.0322. The van der Waals surface area contributed by atoms with E-state index in [0.29, 0.717) is 13.1 Å². The number of para-hydroxylation sites is 1. The van der Waals surface area contributed by atoms with Crippen molar-refractivity contribution in [3.63, 3.8) is 0 Å². The van der Waals surface area contributed by atoms with Gasteiger partial charge in [-0.05, 0) is 31.3 Å². The molecule has 0 spiro atoms. The molecule has 0 aliphatic carbocycles. The average Bonchev–Trinajstić information content (AvgIpc) is 2.82. The molecule has 18 heavy (non-hydrogen) atoms. The van der Waals surface area contributed by atoms with Gasteiger partial charge in [0.1, 0.15) is 5.76 Å². The number of amides is 1. The molecule has 1 heterocycles. The number of anilines is 1. The Kier molecular flexibility index (Phi) is 4.15. The van der Waals surface area contributed by atoms with Crippen LogP contribution in [0.15, 0.2) is 53.1 Å². The van der Waals surface area contributed by atoms with Gasteiger partial charge in [0.2, 0.25) is 5.91 Å². The van der Waals surface area contributed by atoms with Gasteiger partial charge in [0.15, 0.2) is 0 Å². The second kappa shape index (κ2) is 6.02. The van der Waals surface area contributed by atoms with E-state index >= 15 is 0 Å². The van der Waals surface area contributed by atoms with E-state index in [1.807, 2.05) is 54.4 Å².